The Bertz CT molecular complexity index is 824. The predicted molar refractivity (Wildman–Crippen MR) is 240 cm³/mol. The molecule has 57 heavy (non-hydrogen) atoms. The molecule has 2 unspecified atom stereocenters. The predicted octanol–water partition coefficient (Wildman–Crippen LogP) is 13.8. The molecule has 1 fully saturated rings. The van der Waals surface area contributed by atoms with Crippen molar-refractivity contribution in [1.29, 1.82) is 0 Å². The van der Waals surface area contributed by atoms with E-state index < -0.39 is 6.29 Å². The summed E-state index contributed by atoms with van der Waals surface area (Å²) < 4.78 is 17.4. The number of ether oxygens (including phenoxy) is 3. The molecule has 1 aliphatic rings. The third-order valence-corrected chi connectivity index (χ3v) is 12.8. The van der Waals surface area contributed by atoms with E-state index in [4.69, 9.17) is 14.2 Å². The Balaban J connectivity index is 2.29. The molecule has 1 N–H and O–H groups in total. The zero-order valence-electron chi connectivity index (χ0n) is 38.7. The highest BCUT2D eigenvalue weighted by molar-refractivity contribution is 5.69. The third-order valence-electron chi connectivity index (χ3n) is 12.8. The summed E-state index contributed by atoms with van der Waals surface area (Å²) in [4.78, 5) is 27.1. The van der Waals surface area contributed by atoms with E-state index in [0.29, 0.717) is 50.4 Å². The van der Waals surface area contributed by atoms with E-state index in [-0.39, 0.29) is 17.9 Å². The topological polar surface area (TPSA) is 85.3 Å². The molecular weight excluding hydrogens is 711 g/mol. The van der Waals surface area contributed by atoms with Crippen molar-refractivity contribution in [3.63, 3.8) is 0 Å². The first-order valence-corrected chi connectivity index (χ1v) is 25.1. The normalized spacial score (nSPS) is 15.4. The van der Waals surface area contributed by atoms with E-state index in [1.807, 2.05) is 0 Å². The summed E-state index contributed by atoms with van der Waals surface area (Å²) in [7, 11) is 2.11. The van der Waals surface area contributed by atoms with Gasteiger partial charge in [-0.05, 0) is 76.3 Å². The van der Waals surface area contributed by atoms with E-state index >= 15 is 0 Å². The summed E-state index contributed by atoms with van der Waals surface area (Å²) in [5.74, 6) is 2.04. The number of aliphatic hydroxyl groups is 1. The van der Waals surface area contributed by atoms with Gasteiger partial charge in [0, 0.05) is 25.3 Å². The van der Waals surface area contributed by atoms with Crippen LogP contribution >= 0.6 is 0 Å². The molecule has 0 aromatic carbocycles. The van der Waals surface area contributed by atoms with Crippen molar-refractivity contribution >= 4 is 11.9 Å². The molecule has 338 valence electrons. The fourth-order valence-corrected chi connectivity index (χ4v) is 8.77. The Hall–Kier alpha value is -1.18. The van der Waals surface area contributed by atoms with Crippen LogP contribution in [0.3, 0.4) is 0 Å². The summed E-state index contributed by atoms with van der Waals surface area (Å²) in [6, 6.07) is 0. The number of likely N-dealkylation sites (tertiary alicyclic amines) is 1. The fraction of sp³-hybridized carbons (Fsp3) is 0.960. The Morgan fingerprint density at radius 2 is 0.895 bits per heavy atom. The van der Waals surface area contributed by atoms with Gasteiger partial charge in [-0.3, -0.25) is 9.59 Å². The largest absolute Gasteiger partial charge is 0.466 e. The first-order valence-electron chi connectivity index (χ1n) is 25.1. The van der Waals surface area contributed by atoms with E-state index in [1.165, 1.54) is 128 Å². The van der Waals surface area contributed by atoms with Gasteiger partial charge in [0.1, 0.15) is 0 Å². The van der Waals surface area contributed by atoms with Gasteiger partial charge in [-0.1, -0.05) is 182 Å². The van der Waals surface area contributed by atoms with Gasteiger partial charge < -0.3 is 24.2 Å². The second-order valence-corrected chi connectivity index (χ2v) is 18.2. The quantitative estimate of drug-likeness (QED) is 0.0373. The second-order valence-electron chi connectivity index (χ2n) is 18.2. The fourth-order valence-electron chi connectivity index (χ4n) is 8.77. The average molecular weight is 808 g/mol. The number of esters is 2. The number of aliphatic hydroxyl groups excluding tert-OH is 1. The van der Waals surface area contributed by atoms with Crippen molar-refractivity contribution in [3.05, 3.63) is 0 Å². The van der Waals surface area contributed by atoms with Gasteiger partial charge in [0.2, 0.25) is 0 Å². The highest BCUT2D eigenvalue weighted by Crippen LogP contribution is 2.25. The Kier molecular flexibility index (Phi) is 36.8. The summed E-state index contributed by atoms with van der Waals surface area (Å²) in [5, 5.41) is 10.8. The van der Waals surface area contributed by atoms with Gasteiger partial charge in [0.05, 0.1) is 19.8 Å². The van der Waals surface area contributed by atoms with Crippen molar-refractivity contribution in [1.82, 2.24) is 4.90 Å². The highest BCUT2D eigenvalue weighted by Gasteiger charge is 2.27. The van der Waals surface area contributed by atoms with Gasteiger partial charge in [-0.15, -0.1) is 0 Å². The molecule has 0 aromatic heterocycles. The number of carbonyl (C=O) groups is 2. The summed E-state index contributed by atoms with van der Waals surface area (Å²) in [6.07, 6.45) is 37.3. The van der Waals surface area contributed by atoms with Crippen LogP contribution in [0.1, 0.15) is 240 Å². The molecule has 1 heterocycles. The standard InChI is InChI=1S/C50H97NO6/c1-6-10-20-28-44(29-21-11-7-2)37-40-55-48(52)34-26-18-14-16-24-32-46(43-57-50(54)47-36-39-51(5)42-47)33-25-17-15-19-27-35-49(53)56-41-38-45(30-22-12-8-3)31-23-13-9-4/h44-47,50,54H,6-43H2,1-5H3. The maximum absolute atomic E-state index is 12.4. The lowest BCUT2D eigenvalue weighted by atomic mass is 9.92. The molecule has 7 heteroatoms. The monoisotopic (exact) mass is 808 g/mol. The van der Waals surface area contributed by atoms with E-state index in [1.54, 1.807) is 0 Å². The van der Waals surface area contributed by atoms with Crippen LogP contribution in [0.25, 0.3) is 0 Å². The molecule has 0 amide bonds. The number of carbonyl (C=O) groups excluding carboxylic acids is 2. The molecule has 0 saturated carbocycles. The molecule has 1 saturated heterocycles. The zero-order chi connectivity index (χ0) is 41.6. The molecule has 0 aliphatic carbocycles. The molecule has 1 rings (SSSR count). The van der Waals surface area contributed by atoms with Crippen LogP contribution in [0.5, 0.6) is 0 Å². The van der Waals surface area contributed by atoms with Gasteiger partial charge in [-0.2, -0.15) is 0 Å². The molecule has 1 aliphatic heterocycles. The minimum absolute atomic E-state index is 0.0188. The number of hydrogen-bond donors (Lipinski definition) is 1. The molecule has 2 atom stereocenters. The van der Waals surface area contributed by atoms with Gasteiger partial charge in [0.15, 0.2) is 6.29 Å². The maximum atomic E-state index is 12.4. The van der Waals surface area contributed by atoms with Crippen LogP contribution < -0.4 is 0 Å². The van der Waals surface area contributed by atoms with Crippen LogP contribution in [-0.2, 0) is 23.8 Å². The summed E-state index contributed by atoms with van der Waals surface area (Å²) in [5.41, 5.74) is 0. The lowest BCUT2D eigenvalue weighted by Crippen LogP contribution is -2.28. The van der Waals surface area contributed by atoms with Gasteiger partial charge in [-0.25, -0.2) is 0 Å². The second kappa shape index (κ2) is 39.0. The number of rotatable bonds is 42. The Labute approximate surface area is 354 Å². The highest BCUT2D eigenvalue weighted by atomic mass is 16.6. The molecule has 0 aromatic rings. The number of nitrogens with zero attached hydrogens (tertiary/aromatic N) is 1. The SMILES string of the molecule is CCCCCC(CCCCC)CCOC(=O)CCCCCCCC(CCCCCCCC(=O)OCCC(CCCCC)CCCCC)COC(O)C1CCN(C)C1. The minimum atomic E-state index is -0.669. The molecule has 0 radical (unpaired) electrons. The maximum Gasteiger partial charge on any atom is 0.305 e. The van der Waals surface area contributed by atoms with Crippen molar-refractivity contribution in [2.24, 2.45) is 23.7 Å². The molecule has 0 spiro atoms. The van der Waals surface area contributed by atoms with Crippen LogP contribution in [0, 0.1) is 23.7 Å². The first kappa shape index (κ1) is 53.8. The van der Waals surface area contributed by atoms with Crippen LogP contribution in [-0.4, -0.2) is 68.2 Å². The lowest BCUT2D eigenvalue weighted by molar-refractivity contribution is -0.145. The molecular formula is C50H97NO6. The average Bonchev–Trinajstić information content (AvgIpc) is 3.64. The van der Waals surface area contributed by atoms with E-state index in [9.17, 15) is 14.7 Å². The molecule has 7 nitrogen and oxygen atoms in total. The summed E-state index contributed by atoms with van der Waals surface area (Å²) in [6.45, 7) is 12.8. The van der Waals surface area contributed by atoms with Crippen LogP contribution in [0.2, 0.25) is 0 Å². The lowest BCUT2D eigenvalue weighted by Gasteiger charge is -2.23. The Morgan fingerprint density at radius 3 is 1.28 bits per heavy atom. The first-order chi connectivity index (χ1) is 27.8. The van der Waals surface area contributed by atoms with Crippen LogP contribution in [0.4, 0.5) is 0 Å². The van der Waals surface area contributed by atoms with E-state index in [2.05, 4.69) is 39.6 Å². The van der Waals surface area contributed by atoms with Crippen molar-refractivity contribution in [2.75, 3.05) is 40.0 Å². The third kappa shape index (κ3) is 32.3. The smallest absolute Gasteiger partial charge is 0.305 e. The van der Waals surface area contributed by atoms with E-state index in [0.717, 1.165) is 83.7 Å². The number of hydrogen-bond acceptors (Lipinski definition) is 7. The summed E-state index contributed by atoms with van der Waals surface area (Å²) >= 11 is 0. The van der Waals surface area contributed by atoms with Crippen molar-refractivity contribution in [2.45, 2.75) is 246 Å². The van der Waals surface area contributed by atoms with Gasteiger partial charge in [0.25, 0.3) is 0 Å². The van der Waals surface area contributed by atoms with Crippen molar-refractivity contribution < 1.29 is 28.9 Å². The zero-order valence-corrected chi connectivity index (χ0v) is 38.7. The Morgan fingerprint density at radius 1 is 0.526 bits per heavy atom. The van der Waals surface area contributed by atoms with Gasteiger partial charge >= 0.3 is 11.9 Å². The molecule has 0 bridgehead atoms. The minimum Gasteiger partial charge on any atom is -0.466 e. The number of unbranched alkanes of at least 4 members (excludes halogenated alkanes) is 16. The van der Waals surface area contributed by atoms with Crippen LogP contribution in [0.15, 0.2) is 0 Å². The van der Waals surface area contributed by atoms with Crippen molar-refractivity contribution in [3.8, 4) is 0 Å².